The van der Waals surface area contributed by atoms with Crippen molar-refractivity contribution in [2.24, 2.45) is 11.7 Å². The zero-order valence-corrected chi connectivity index (χ0v) is 9.98. The molecule has 2 N–H and O–H groups in total. The first-order valence-corrected chi connectivity index (χ1v) is 6.04. The average molecular weight is 223 g/mol. The van der Waals surface area contributed by atoms with E-state index >= 15 is 0 Å². The van der Waals surface area contributed by atoms with Gasteiger partial charge in [0.2, 0.25) is 5.91 Å². The van der Waals surface area contributed by atoms with Crippen molar-refractivity contribution in [2.45, 2.75) is 44.6 Å². The summed E-state index contributed by atoms with van der Waals surface area (Å²) >= 11 is 0. The third kappa shape index (κ3) is 3.49. The van der Waals surface area contributed by atoms with Crippen molar-refractivity contribution in [3.05, 3.63) is 0 Å². The van der Waals surface area contributed by atoms with E-state index in [9.17, 15) is 4.79 Å². The first kappa shape index (κ1) is 13.0. The van der Waals surface area contributed by atoms with Gasteiger partial charge >= 0.3 is 0 Å². The van der Waals surface area contributed by atoms with E-state index in [1.807, 2.05) is 0 Å². The summed E-state index contributed by atoms with van der Waals surface area (Å²) in [4.78, 5) is 13.8. The average Bonchev–Trinajstić information content (AvgIpc) is 2.49. The first-order chi connectivity index (χ1) is 7.66. The van der Waals surface area contributed by atoms with E-state index in [1.165, 1.54) is 6.42 Å². The molecule has 4 nitrogen and oxygen atoms in total. The number of hydrogen-bond acceptors (Lipinski definition) is 3. The van der Waals surface area contributed by atoms with Gasteiger partial charge in [-0.3, -0.25) is 4.79 Å². The molecule has 0 aromatic carbocycles. The maximum atomic E-state index is 12.1. The summed E-state index contributed by atoms with van der Waals surface area (Å²) in [6.07, 6.45) is 5.64. The van der Waals surface area contributed by atoms with E-state index < -0.39 is 0 Å². The van der Waals surface area contributed by atoms with Crippen LogP contribution in [0.1, 0.15) is 38.5 Å². The highest BCUT2D eigenvalue weighted by atomic mass is 16.2. The van der Waals surface area contributed by atoms with E-state index in [2.05, 4.69) is 6.07 Å². The Morgan fingerprint density at radius 3 is 2.81 bits per heavy atom. The number of nitrogens with zero attached hydrogens (tertiary/aromatic N) is 2. The molecule has 2 atom stereocenters. The fourth-order valence-electron chi connectivity index (χ4n) is 2.25. The van der Waals surface area contributed by atoms with Crippen LogP contribution in [0.3, 0.4) is 0 Å². The maximum absolute atomic E-state index is 12.1. The Morgan fingerprint density at radius 2 is 2.12 bits per heavy atom. The second-order valence-electron chi connectivity index (χ2n) is 4.58. The summed E-state index contributed by atoms with van der Waals surface area (Å²) in [5.41, 5.74) is 6.03. The molecule has 90 valence electrons. The molecule has 16 heavy (non-hydrogen) atoms. The second-order valence-corrected chi connectivity index (χ2v) is 4.58. The molecule has 1 amide bonds. The van der Waals surface area contributed by atoms with Crippen molar-refractivity contribution in [1.29, 1.82) is 5.26 Å². The molecule has 0 bridgehead atoms. The lowest BCUT2D eigenvalue weighted by Gasteiger charge is -2.25. The third-order valence-corrected chi connectivity index (χ3v) is 3.32. The van der Waals surface area contributed by atoms with Gasteiger partial charge in [0, 0.05) is 19.6 Å². The van der Waals surface area contributed by atoms with Gasteiger partial charge in [-0.1, -0.05) is 19.3 Å². The minimum absolute atomic E-state index is 0.000430. The molecular formula is C12H21N3O. The number of rotatable bonds is 3. The first-order valence-electron chi connectivity index (χ1n) is 6.04. The van der Waals surface area contributed by atoms with Crippen molar-refractivity contribution in [2.75, 3.05) is 13.6 Å². The van der Waals surface area contributed by atoms with Gasteiger partial charge in [-0.25, -0.2) is 0 Å². The van der Waals surface area contributed by atoms with E-state index in [0.717, 1.165) is 25.7 Å². The molecule has 4 heteroatoms. The fourth-order valence-corrected chi connectivity index (χ4v) is 2.25. The van der Waals surface area contributed by atoms with Gasteiger partial charge in [0.05, 0.1) is 18.4 Å². The molecule has 1 saturated carbocycles. The van der Waals surface area contributed by atoms with Crippen LogP contribution in [0.15, 0.2) is 0 Å². The van der Waals surface area contributed by atoms with Crippen LogP contribution in [0.4, 0.5) is 0 Å². The lowest BCUT2D eigenvalue weighted by molar-refractivity contribution is -0.135. The van der Waals surface area contributed by atoms with Crippen molar-refractivity contribution in [3.63, 3.8) is 0 Å². The van der Waals surface area contributed by atoms with Crippen molar-refractivity contribution in [1.82, 2.24) is 4.90 Å². The highest BCUT2D eigenvalue weighted by molar-refractivity contribution is 5.79. The van der Waals surface area contributed by atoms with Crippen LogP contribution in [0, 0.1) is 17.2 Å². The van der Waals surface area contributed by atoms with Crippen LogP contribution in [-0.2, 0) is 4.79 Å². The summed E-state index contributed by atoms with van der Waals surface area (Å²) < 4.78 is 0. The Hall–Kier alpha value is -1.08. The van der Waals surface area contributed by atoms with Crippen molar-refractivity contribution >= 4 is 5.91 Å². The lowest BCUT2D eigenvalue weighted by Crippen LogP contribution is -2.42. The van der Waals surface area contributed by atoms with Gasteiger partial charge in [-0.05, 0) is 12.8 Å². The molecule has 1 fully saturated rings. The lowest BCUT2D eigenvalue weighted by atomic mass is 9.94. The molecule has 1 aliphatic rings. The van der Waals surface area contributed by atoms with Crippen LogP contribution in [0.2, 0.25) is 0 Å². The molecule has 1 aliphatic carbocycles. The number of hydrogen-bond donors (Lipinski definition) is 1. The molecule has 0 spiro atoms. The van der Waals surface area contributed by atoms with Crippen molar-refractivity contribution in [3.8, 4) is 6.07 Å². The fraction of sp³-hybridized carbons (Fsp3) is 0.833. The Labute approximate surface area is 97.4 Å². The number of carbonyl (C=O) groups excluding carboxylic acids is 1. The molecule has 0 aromatic heterocycles. The van der Waals surface area contributed by atoms with E-state index in [1.54, 1.807) is 11.9 Å². The van der Waals surface area contributed by atoms with Crippen LogP contribution < -0.4 is 5.73 Å². The van der Waals surface area contributed by atoms with Crippen LogP contribution in [-0.4, -0.2) is 30.4 Å². The molecule has 0 aromatic rings. The summed E-state index contributed by atoms with van der Waals surface area (Å²) in [6, 6.07) is 2.05. The van der Waals surface area contributed by atoms with Crippen molar-refractivity contribution < 1.29 is 4.79 Å². The number of carbonyl (C=O) groups is 1. The Balaban J connectivity index is 2.53. The smallest absolute Gasteiger partial charge is 0.227 e. The largest absolute Gasteiger partial charge is 0.344 e. The summed E-state index contributed by atoms with van der Waals surface area (Å²) in [6.45, 7) is 0.512. The molecule has 1 rings (SSSR count). The standard InChI is InChI=1S/C12H21N3O/c1-15(9-5-8-13)12(16)10-6-3-2-4-7-11(10)14/h10-11H,2-7,9,14H2,1H3. The summed E-state index contributed by atoms with van der Waals surface area (Å²) in [5, 5.41) is 8.49. The van der Waals surface area contributed by atoms with Crippen LogP contribution >= 0.6 is 0 Å². The van der Waals surface area contributed by atoms with Gasteiger partial charge in [-0.15, -0.1) is 0 Å². The second kappa shape index (κ2) is 6.49. The molecule has 0 saturated heterocycles. The Morgan fingerprint density at radius 1 is 1.44 bits per heavy atom. The van der Waals surface area contributed by atoms with Gasteiger partial charge in [0.25, 0.3) is 0 Å². The van der Waals surface area contributed by atoms with Gasteiger partial charge in [0.1, 0.15) is 0 Å². The molecule has 0 aliphatic heterocycles. The van der Waals surface area contributed by atoms with Crippen LogP contribution in [0.5, 0.6) is 0 Å². The quantitative estimate of drug-likeness (QED) is 0.732. The summed E-state index contributed by atoms with van der Waals surface area (Å²) in [7, 11) is 1.76. The zero-order chi connectivity index (χ0) is 12.0. The number of nitriles is 1. The van der Waals surface area contributed by atoms with E-state index in [4.69, 9.17) is 11.0 Å². The molecule has 2 unspecified atom stereocenters. The predicted octanol–water partition coefficient (Wildman–Crippen LogP) is 1.27. The number of nitrogens with two attached hydrogens (primary N) is 1. The third-order valence-electron chi connectivity index (χ3n) is 3.32. The van der Waals surface area contributed by atoms with Gasteiger partial charge in [0.15, 0.2) is 0 Å². The molecular weight excluding hydrogens is 202 g/mol. The normalized spacial score (nSPS) is 25.6. The Kier molecular flexibility index (Phi) is 5.27. The summed E-state index contributed by atoms with van der Waals surface area (Å²) in [5.74, 6) is 0.0795. The maximum Gasteiger partial charge on any atom is 0.227 e. The van der Waals surface area contributed by atoms with Gasteiger partial charge < -0.3 is 10.6 Å². The SMILES string of the molecule is CN(CCC#N)C(=O)C1CCCCCC1N. The highest BCUT2D eigenvalue weighted by Crippen LogP contribution is 2.23. The van der Waals surface area contributed by atoms with E-state index in [-0.39, 0.29) is 17.9 Å². The Bertz CT molecular complexity index is 272. The van der Waals surface area contributed by atoms with E-state index in [0.29, 0.717) is 13.0 Å². The zero-order valence-electron chi connectivity index (χ0n) is 9.98. The molecule has 0 radical (unpaired) electrons. The monoisotopic (exact) mass is 223 g/mol. The highest BCUT2D eigenvalue weighted by Gasteiger charge is 2.28. The number of amides is 1. The topological polar surface area (TPSA) is 70.1 Å². The van der Waals surface area contributed by atoms with Gasteiger partial charge in [-0.2, -0.15) is 5.26 Å². The minimum atomic E-state index is -0.0359. The minimum Gasteiger partial charge on any atom is -0.344 e. The van der Waals surface area contributed by atoms with Crippen LogP contribution in [0.25, 0.3) is 0 Å². The molecule has 0 heterocycles. The predicted molar refractivity (Wildman–Crippen MR) is 62.4 cm³/mol.